The number of hydrogen-bond donors (Lipinski definition) is 1. The highest BCUT2D eigenvalue weighted by Crippen LogP contribution is 2.59. The molecule has 0 unspecified atom stereocenters. The van der Waals surface area contributed by atoms with Crippen LogP contribution in [0.3, 0.4) is 0 Å². The quantitative estimate of drug-likeness (QED) is 0.336. The minimum Gasteiger partial charge on any atom is -0.465 e. The summed E-state index contributed by atoms with van der Waals surface area (Å²) in [5, 5.41) is 1.84. The number of ether oxygens (including phenoxy) is 2. The van der Waals surface area contributed by atoms with E-state index in [1.807, 2.05) is 0 Å². The van der Waals surface area contributed by atoms with Crippen LogP contribution in [0.1, 0.15) is 27.1 Å². The van der Waals surface area contributed by atoms with Gasteiger partial charge in [0.2, 0.25) is 11.8 Å². The third-order valence-corrected chi connectivity index (χ3v) is 8.57. The third kappa shape index (κ3) is 4.36. The van der Waals surface area contributed by atoms with Crippen LogP contribution >= 0.6 is 23.2 Å². The van der Waals surface area contributed by atoms with Gasteiger partial charge in [-0.25, -0.2) is 9.59 Å². The second-order valence-electron chi connectivity index (χ2n) is 9.26. The molecule has 2 aliphatic carbocycles. The van der Waals surface area contributed by atoms with Crippen molar-refractivity contribution in [2.75, 3.05) is 23.9 Å². The Hall–Kier alpha value is -3.43. The fraction of sp³-hybridized carbons (Fsp3) is 0.346. The van der Waals surface area contributed by atoms with E-state index in [0.717, 1.165) is 4.90 Å². The number of imide groups is 1. The first kappa shape index (κ1) is 25.2. The molecule has 1 saturated heterocycles. The maximum atomic E-state index is 13.2. The molecule has 3 fully saturated rings. The Kier molecular flexibility index (Phi) is 6.68. The van der Waals surface area contributed by atoms with Gasteiger partial charge in [-0.15, -0.1) is 23.2 Å². The lowest BCUT2D eigenvalue weighted by molar-refractivity contribution is -0.123. The number of methoxy groups -OCH3 is 1. The Balaban J connectivity index is 1.22. The third-order valence-electron chi connectivity index (χ3n) is 7.25. The second kappa shape index (κ2) is 9.79. The number of esters is 2. The average molecular weight is 545 g/mol. The first-order valence-electron chi connectivity index (χ1n) is 11.6. The highest BCUT2D eigenvalue weighted by molar-refractivity contribution is 6.32. The van der Waals surface area contributed by atoms with Gasteiger partial charge in [0, 0.05) is 5.69 Å². The Morgan fingerprint density at radius 1 is 0.919 bits per heavy atom. The van der Waals surface area contributed by atoms with Crippen LogP contribution in [0.2, 0.25) is 0 Å². The molecule has 6 atom stereocenters. The van der Waals surface area contributed by atoms with Crippen molar-refractivity contribution in [3.05, 3.63) is 59.7 Å². The van der Waals surface area contributed by atoms with Crippen molar-refractivity contribution in [2.24, 2.45) is 23.7 Å². The Morgan fingerprint density at radius 2 is 1.54 bits per heavy atom. The fourth-order valence-electron chi connectivity index (χ4n) is 5.59. The standard InChI is InChI=1S/C26H22Cl2N2O7/c1-36-25(34)12-5-7-14(8-6-12)29-18(31)11-37-26(35)13-3-2-4-15(9-13)30-23(32)19-16-10-17(20(19)24(30)33)22(28)21(16)27/h2-9,16-17,19-22H,10-11H2,1H3,(H,29,31)/t16-,17-,19-,20+,21-,22+/m1/s1. The van der Waals surface area contributed by atoms with Gasteiger partial charge >= 0.3 is 11.9 Å². The molecule has 11 heteroatoms. The van der Waals surface area contributed by atoms with Gasteiger partial charge < -0.3 is 14.8 Å². The number of amides is 3. The van der Waals surface area contributed by atoms with Gasteiger partial charge in [0.1, 0.15) is 0 Å². The van der Waals surface area contributed by atoms with E-state index in [4.69, 9.17) is 27.9 Å². The van der Waals surface area contributed by atoms with Crippen LogP contribution in [-0.2, 0) is 23.9 Å². The Morgan fingerprint density at radius 3 is 2.14 bits per heavy atom. The number of anilines is 2. The number of carbonyl (C=O) groups excluding carboxylic acids is 5. The molecule has 3 amide bonds. The molecule has 1 aliphatic heterocycles. The molecule has 192 valence electrons. The van der Waals surface area contributed by atoms with E-state index in [2.05, 4.69) is 10.1 Å². The monoisotopic (exact) mass is 544 g/mol. The van der Waals surface area contributed by atoms with Crippen molar-refractivity contribution >= 4 is 64.2 Å². The molecule has 5 rings (SSSR count). The summed E-state index contributed by atoms with van der Waals surface area (Å²) in [5.41, 5.74) is 1.06. The predicted octanol–water partition coefficient (Wildman–Crippen LogP) is 3.24. The van der Waals surface area contributed by atoms with Crippen LogP contribution in [0.15, 0.2) is 48.5 Å². The topological polar surface area (TPSA) is 119 Å². The summed E-state index contributed by atoms with van der Waals surface area (Å²) in [6.07, 6.45) is 0.660. The molecule has 0 spiro atoms. The number of nitrogens with zero attached hydrogens (tertiary/aromatic N) is 1. The van der Waals surface area contributed by atoms with Gasteiger partial charge in [0.05, 0.1) is 46.5 Å². The maximum absolute atomic E-state index is 13.2. The van der Waals surface area contributed by atoms with E-state index in [1.165, 1.54) is 49.6 Å². The van der Waals surface area contributed by atoms with Crippen LogP contribution in [0, 0.1) is 23.7 Å². The largest absolute Gasteiger partial charge is 0.465 e. The lowest BCUT2D eigenvalue weighted by Crippen LogP contribution is -2.37. The minimum absolute atomic E-state index is 0.0822. The lowest BCUT2D eigenvalue weighted by atomic mass is 9.80. The van der Waals surface area contributed by atoms with Crippen molar-refractivity contribution in [3.63, 3.8) is 0 Å². The molecule has 1 heterocycles. The van der Waals surface area contributed by atoms with E-state index >= 15 is 0 Å². The number of halogens is 2. The van der Waals surface area contributed by atoms with Crippen LogP contribution < -0.4 is 10.2 Å². The van der Waals surface area contributed by atoms with Crippen molar-refractivity contribution in [1.29, 1.82) is 0 Å². The predicted molar refractivity (Wildman–Crippen MR) is 133 cm³/mol. The van der Waals surface area contributed by atoms with Gasteiger partial charge in [0.15, 0.2) is 6.61 Å². The van der Waals surface area contributed by atoms with Crippen molar-refractivity contribution < 1.29 is 33.4 Å². The smallest absolute Gasteiger partial charge is 0.338 e. The summed E-state index contributed by atoms with van der Waals surface area (Å²) < 4.78 is 9.73. The highest BCUT2D eigenvalue weighted by atomic mass is 35.5. The SMILES string of the molecule is COC(=O)c1ccc(NC(=O)COC(=O)c2cccc(N3C(=O)[C@@H]4[C@H]5C[C@@H]([C@H](Cl)[C@@H]5Cl)[C@@H]4C3=O)c2)cc1. The molecule has 37 heavy (non-hydrogen) atoms. The van der Waals surface area contributed by atoms with E-state index < -0.39 is 36.3 Å². The number of hydrogen-bond acceptors (Lipinski definition) is 7. The van der Waals surface area contributed by atoms with E-state index in [9.17, 15) is 24.0 Å². The fourth-order valence-corrected chi connectivity index (χ4v) is 6.49. The van der Waals surface area contributed by atoms with Crippen LogP contribution in [0.25, 0.3) is 0 Å². The number of rotatable bonds is 6. The Labute approximate surface area is 222 Å². The molecular weight excluding hydrogens is 523 g/mol. The molecule has 1 N–H and O–H groups in total. The van der Waals surface area contributed by atoms with Crippen LogP contribution in [-0.4, -0.2) is 54.1 Å². The second-order valence-corrected chi connectivity index (χ2v) is 10.3. The maximum Gasteiger partial charge on any atom is 0.338 e. The molecule has 2 bridgehead atoms. The number of benzene rings is 2. The molecule has 9 nitrogen and oxygen atoms in total. The summed E-state index contributed by atoms with van der Waals surface area (Å²) in [6, 6.07) is 12.0. The van der Waals surface area contributed by atoms with E-state index in [0.29, 0.717) is 17.7 Å². The summed E-state index contributed by atoms with van der Waals surface area (Å²) in [6.45, 7) is -0.564. The number of nitrogens with one attached hydrogen (secondary N) is 1. The zero-order valence-electron chi connectivity index (χ0n) is 19.6. The van der Waals surface area contributed by atoms with Gasteiger partial charge in [-0.05, 0) is 60.7 Å². The summed E-state index contributed by atoms with van der Waals surface area (Å²) >= 11 is 12.8. The van der Waals surface area contributed by atoms with Gasteiger partial charge in [-0.3, -0.25) is 19.3 Å². The highest BCUT2D eigenvalue weighted by Gasteiger charge is 2.66. The Bertz CT molecular complexity index is 1270. The molecule has 3 aliphatic rings. The number of fused-ring (bicyclic) bond motifs is 5. The normalized spacial score (nSPS) is 27.7. The zero-order chi connectivity index (χ0) is 26.4. The van der Waals surface area contributed by atoms with Crippen molar-refractivity contribution in [2.45, 2.75) is 17.2 Å². The van der Waals surface area contributed by atoms with Gasteiger partial charge in [0.25, 0.3) is 5.91 Å². The van der Waals surface area contributed by atoms with Crippen LogP contribution in [0.4, 0.5) is 11.4 Å². The molecule has 2 aromatic carbocycles. The zero-order valence-corrected chi connectivity index (χ0v) is 21.1. The van der Waals surface area contributed by atoms with Crippen molar-refractivity contribution in [3.8, 4) is 0 Å². The molecule has 0 aromatic heterocycles. The summed E-state index contributed by atoms with van der Waals surface area (Å²) in [4.78, 5) is 63.8. The summed E-state index contributed by atoms with van der Waals surface area (Å²) in [5.74, 6) is -3.86. The average Bonchev–Trinajstić information content (AvgIpc) is 3.52. The van der Waals surface area contributed by atoms with E-state index in [1.54, 1.807) is 6.07 Å². The molecule has 2 aromatic rings. The lowest BCUT2D eigenvalue weighted by Gasteiger charge is -2.28. The van der Waals surface area contributed by atoms with E-state index in [-0.39, 0.29) is 45.7 Å². The summed E-state index contributed by atoms with van der Waals surface area (Å²) in [7, 11) is 1.27. The molecule has 2 saturated carbocycles. The van der Waals surface area contributed by atoms with Crippen molar-refractivity contribution in [1.82, 2.24) is 0 Å². The number of carbonyl (C=O) groups is 5. The number of alkyl halides is 2. The van der Waals surface area contributed by atoms with Crippen LogP contribution in [0.5, 0.6) is 0 Å². The minimum atomic E-state index is -0.793. The first-order chi connectivity index (χ1) is 17.7. The van der Waals surface area contributed by atoms with Gasteiger partial charge in [-0.2, -0.15) is 0 Å². The molecular formula is C26H22Cl2N2O7. The van der Waals surface area contributed by atoms with Gasteiger partial charge in [-0.1, -0.05) is 6.07 Å². The first-order valence-corrected chi connectivity index (χ1v) is 12.5. The molecule has 0 radical (unpaired) electrons.